The molecule has 0 atom stereocenters. The molecule has 3 heterocycles. The first-order chi connectivity index (χ1) is 16.6. The zero-order valence-electron chi connectivity index (χ0n) is 19.2. The zero-order chi connectivity index (χ0) is 23.2. The molecule has 6 rings (SSSR count). The van der Waals surface area contributed by atoms with Crippen molar-refractivity contribution in [1.29, 1.82) is 0 Å². The summed E-state index contributed by atoms with van der Waals surface area (Å²) in [5.74, 6) is 0.749. The molecule has 1 aliphatic rings. The van der Waals surface area contributed by atoms with Gasteiger partial charge in [0.1, 0.15) is 4.83 Å². The Hall–Kier alpha value is -2.93. The van der Waals surface area contributed by atoms with Crippen LogP contribution in [0.15, 0.2) is 76.7 Å². The molecule has 0 saturated carbocycles. The Bertz CT molecular complexity index is 1580. The molecule has 0 spiro atoms. The Balaban J connectivity index is 1.50. The lowest BCUT2D eigenvalue weighted by atomic mass is 10.1. The summed E-state index contributed by atoms with van der Waals surface area (Å²) < 4.78 is 1.82. The second-order valence-corrected chi connectivity index (χ2v) is 11.0. The first kappa shape index (κ1) is 21.6. The maximum Gasteiger partial charge on any atom is 0.267 e. The van der Waals surface area contributed by atoms with Crippen LogP contribution in [0, 0.1) is 6.92 Å². The molecule has 0 aliphatic carbocycles. The highest BCUT2D eigenvalue weighted by Gasteiger charge is 2.24. The molecule has 3 aromatic carbocycles. The number of thiophene rings is 1. The first-order valence-corrected chi connectivity index (χ1v) is 13.3. The molecular weight excluding hydrogens is 458 g/mol. The second-order valence-electron chi connectivity index (χ2n) is 8.97. The van der Waals surface area contributed by atoms with Gasteiger partial charge in [-0.25, -0.2) is 4.98 Å². The van der Waals surface area contributed by atoms with Crippen LogP contribution in [0.2, 0.25) is 0 Å². The molecule has 1 aliphatic heterocycles. The minimum absolute atomic E-state index is 0.0522. The van der Waals surface area contributed by atoms with Gasteiger partial charge in [0.25, 0.3) is 5.56 Å². The van der Waals surface area contributed by atoms with E-state index in [0.717, 1.165) is 46.3 Å². The lowest BCUT2D eigenvalue weighted by Gasteiger charge is -2.21. The van der Waals surface area contributed by atoms with Crippen molar-refractivity contribution in [1.82, 2.24) is 14.5 Å². The number of aryl methyl sites for hydroxylation is 1. The topological polar surface area (TPSA) is 38.1 Å². The zero-order valence-corrected chi connectivity index (χ0v) is 20.9. The van der Waals surface area contributed by atoms with Crippen molar-refractivity contribution in [2.24, 2.45) is 0 Å². The number of hydrogen-bond donors (Lipinski definition) is 0. The number of nitrogens with zero attached hydrogens (tertiary/aromatic N) is 3. The van der Waals surface area contributed by atoms with E-state index in [0.29, 0.717) is 0 Å². The van der Waals surface area contributed by atoms with Gasteiger partial charge in [0, 0.05) is 23.7 Å². The fourth-order valence-corrected chi connectivity index (χ4v) is 7.09. The lowest BCUT2D eigenvalue weighted by Crippen LogP contribution is -2.27. The van der Waals surface area contributed by atoms with Gasteiger partial charge in [0.2, 0.25) is 0 Å². The van der Waals surface area contributed by atoms with Gasteiger partial charge in [0.15, 0.2) is 5.16 Å². The molecule has 0 fully saturated rings. The van der Waals surface area contributed by atoms with Crippen LogP contribution in [0.3, 0.4) is 0 Å². The summed E-state index contributed by atoms with van der Waals surface area (Å²) in [6, 6.07) is 23.0. The van der Waals surface area contributed by atoms with Gasteiger partial charge >= 0.3 is 0 Å². The van der Waals surface area contributed by atoms with Crippen LogP contribution in [-0.2, 0) is 18.7 Å². The fourth-order valence-electron chi connectivity index (χ4n) is 4.73. The minimum atomic E-state index is 0.0522. The maximum atomic E-state index is 14.0. The standard InChI is InChI=1S/C28H25N3OS2/c1-18-10-12-21(13-11-18)31-27(32)25-23-14-15-30(2)16-24(23)34-26(25)29-28(31)33-17-20-8-5-7-19-6-3-4-9-22(19)20/h3-13H,14-17H2,1-2H3. The second kappa shape index (κ2) is 8.69. The molecule has 0 N–H and O–H groups in total. The van der Waals surface area contributed by atoms with Crippen molar-refractivity contribution in [3.8, 4) is 5.69 Å². The maximum absolute atomic E-state index is 14.0. The van der Waals surface area contributed by atoms with Gasteiger partial charge in [-0.2, -0.15) is 0 Å². The largest absolute Gasteiger partial charge is 0.301 e. The van der Waals surface area contributed by atoms with Crippen molar-refractivity contribution >= 4 is 44.1 Å². The van der Waals surface area contributed by atoms with E-state index < -0.39 is 0 Å². The van der Waals surface area contributed by atoms with E-state index in [4.69, 9.17) is 4.98 Å². The Morgan fingerprint density at radius 3 is 2.68 bits per heavy atom. The highest BCUT2D eigenvalue weighted by Crippen LogP contribution is 2.35. The summed E-state index contributed by atoms with van der Waals surface area (Å²) in [6.45, 7) is 3.93. The first-order valence-electron chi connectivity index (χ1n) is 11.5. The van der Waals surface area contributed by atoms with Crippen molar-refractivity contribution in [2.45, 2.75) is 30.8 Å². The average Bonchev–Trinajstić information content (AvgIpc) is 3.21. The van der Waals surface area contributed by atoms with Crippen molar-refractivity contribution in [2.75, 3.05) is 13.6 Å². The van der Waals surface area contributed by atoms with Gasteiger partial charge in [-0.3, -0.25) is 9.36 Å². The summed E-state index contributed by atoms with van der Waals surface area (Å²) >= 11 is 3.32. The molecule has 4 nitrogen and oxygen atoms in total. The van der Waals surface area contributed by atoms with Gasteiger partial charge in [-0.05, 0) is 54.4 Å². The SMILES string of the molecule is Cc1ccc(-n2c(SCc3cccc4ccccc34)nc3sc4c(c3c2=O)CCN(C)C4)cc1. The van der Waals surface area contributed by atoms with E-state index in [-0.39, 0.29) is 5.56 Å². The molecule has 34 heavy (non-hydrogen) atoms. The van der Waals surface area contributed by atoms with Crippen molar-refractivity contribution < 1.29 is 0 Å². The molecule has 0 bridgehead atoms. The number of aromatic nitrogens is 2. The molecule has 0 saturated heterocycles. The summed E-state index contributed by atoms with van der Waals surface area (Å²) in [7, 11) is 2.14. The van der Waals surface area contributed by atoms with Crippen LogP contribution in [0.25, 0.3) is 26.7 Å². The Kier molecular flexibility index (Phi) is 5.52. The molecule has 5 aromatic rings. The van der Waals surface area contributed by atoms with E-state index in [1.165, 1.54) is 32.3 Å². The number of thioether (sulfide) groups is 1. The number of fused-ring (bicyclic) bond motifs is 4. The third kappa shape index (κ3) is 3.76. The van der Waals surface area contributed by atoms with Gasteiger partial charge in [-0.15, -0.1) is 11.3 Å². The average molecular weight is 484 g/mol. The minimum Gasteiger partial charge on any atom is -0.301 e. The normalized spacial score (nSPS) is 14.1. The highest BCUT2D eigenvalue weighted by molar-refractivity contribution is 7.98. The molecule has 0 unspecified atom stereocenters. The number of hydrogen-bond acceptors (Lipinski definition) is 5. The van der Waals surface area contributed by atoms with Crippen LogP contribution < -0.4 is 5.56 Å². The monoisotopic (exact) mass is 483 g/mol. The van der Waals surface area contributed by atoms with E-state index >= 15 is 0 Å². The van der Waals surface area contributed by atoms with Gasteiger partial charge in [-0.1, -0.05) is 71.9 Å². The highest BCUT2D eigenvalue weighted by atomic mass is 32.2. The van der Waals surface area contributed by atoms with Gasteiger partial charge < -0.3 is 4.90 Å². The summed E-state index contributed by atoms with van der Waals surface area (Å²) in [5.41, 5.74) is 4.54. The van der Waals surface area contributed by atoms with Crippen molar-refractivity contribution in [3.63, 3.8) is 0 Å². The third-order valence-electron chi connectivity index (χ3n) is 6.56. The molecular formula is C28H25N3OS2. The Morgan fingerprint density at radius 1 is 1.03 bits per heavy atom. The number of likely N-dealkylation sites (N-methyl/N-ethyl adjacent to an activating group) is 1. The van der Waals surface area contributed by atoms with Crippen molar-refractivity contribution in [3.05, 3.63) is 98.7 Å². The summed E-state index contributed by atoms with van der Waals surface area (Å²) in [4.78, 5) is 23.5. The third-order valence-corrected chi connectivity index (χ3v) is 8.66. The lowest BCUT2D eigenvalue weighted by molar-refractivity contribution is 0.318. The van der Waals surface area contributed by atoms with E-state index in [1.807, 2.05) is 16.7 Å². The van der Waals surface area contributed by atoms with Gasteiger partial charge in [0.05, 0.1) is 11.1 Å². The summed E-state index contributed by atoms with van der Waals surface area (Å²) in [6.07, 6.45) is 0.902. The molecule has 0 radical (unpaired) electrons. The number of benzene rings is 3. The van der Waals surface area contributed by atoms with E-state index in [1.54, 1.807) is 23.1 Å². The Morgan fingerprint density at radius 2 is 1.82 bits per heavy atom. The molecule has 6 heteroatoms. The predicted octanol–water partition coefficient (Wildman–Crippen LogP) is 6.19. The molecule has 170 valence electrons. The Labute approximate surface area is 206 Å². The quantitative estimate of drug-likeness (QED) is 0.226. The molecule has 0 amide bonds. The van der Waals surface area contributed by atoms with Crippen LogP contribution >= 0.6 is 23.1 Å². The smallest absolute Gasteiger partial charge is 0.267 e. The summed E-state index contributed by atoms with van der Waals surface area (Å²) in [5, 5.41) is 4.04. The van der Waals surface area contributed by atoms with E-state index in [9.17, 15) is 4.79 Å². The predicted molar refractivity (Wildman–Crippen MR) is 144 cm³/mol. The fraction of sp³-hybridized carbons (Fsp3) is 0.214. The van der Waals surface area contributed by atoms with Crippen LogP contribution in [-0.4, -0.2) is 28.0 Å². The van der Waals surface area contributed by atoms with E-state index in [2.05, 4.69) is 73.5 Å². The number of rotatable bonds is 4. The van der Waals surface area contributed by atoms with Crippen LogP contribution in [0.1, 0.15) is 21.6 Å². The van der Waals surface area contributed by atoms with Crippen LogP contribution in [0.4, 0.5) is 0 Å². The molecule has 2 aromatic heterocycles. The van der Waals surface area contributed by atoms with Crippen LogP contribution in [0.5, 0.6) is 0 Å².